The highest BCUT2D eigenvalue weighted by Crippen LogP contribution is 2.33. The molecule has 0 aliphatic heterocycles. The lowest BCUT2D eigenvalue weighted by atomic mass is 10.3. The number of anilines is 1. The van der Waals surface area contributed by atoms with Gasteiger partial charge in [-0.05, 0) is 25.0 Å². The molecule has 94 valence electrons. The van der Waals surface area contributed by atoms with E-state index >= 15 is 0 Å². The average Bonchev–Trinajstić information content (AvgIpc) is 3.09. The van der Waals surface area contributed by atoms with Gasteiger partial charge in [-0.3, -0.25) is 0 Å². The van der Waals surface area contributed by atoms with Gasteiger partial charge < -0.3 is 10.0 Å². The van der Waals surface area contributed by atoms with Crippen molar-refractivity contribution in [2.45, 2.75) is 25.1 Å². The quantitative estimate of drug-likeness (QED) is 0.883. The highest BCUT2D eigenvalue weighted by atomic mass is 19.4. The maximum Gasteiger partial charge on any atom is 0.433 e. The van der Waals surface area contributed by atoms with Crippen LogP contribution in [-0.2, 0) is 6.18 Å². The molecule has 0 atom stereocenters. The normalized spacial score (nSPS) is 16.0. The zero-order chi connectivity index (χ0) is 12.5. The second kappa shape index (κ2) is 4.52. The van der Waals surface area contributed by atoms with Crippen molar-refractivity contribution >= 4 is 5.82 Å². The first-order valence-electron chi connectivity index (χ1n) is 5.44. The summed E-state index contributed by atoms with van der Waals surface area (Å²) in [6.07, 6.45) is -2.54. The summed E-state index contributed by atoms with van der Waals surface area (Å²) in [6.45, 7) is 0.230. The summed E-state index contributed by atoms with van der Waals surface area (Å²) < 4.78 is 37.5. The molecular weight excluding hydrogens is 233 g/mol. The van der Waals surface area contributed by atoms with Gasteiger partial charge in [0.25, 0.3) is 0 Å². The minimum Gasteiger partial charge on any atom is -0.395 e. The first-order chi connectivity index (χ1) is 8.02. The molecule has 1 saturated carbocycles. The fourth-order valence-electron chi connectivity index (χ4n) is 1.72. The number of hydrogen-bond acceptors (Lipinski definition) is 3. The third-order valence-electron chi connectivity index (χ3n) is 2.65. The van der Waals surface area contributed by atoms with Crippen molar-refractivity contribution < 1.29 is 18.3 Å². The van der Waals surface area contributed by atoms with Crippen molar-refractivity contribution in [2.75, 3.05) is 18.1 Å². The number of halogens is 3. The van der Waals surface area contributed by atoms with Crippen molar-refractivity contribution in [3.8, 4) is 0 Å². The van der Waals surface area contributed by atoms with E-state index in [1.807, 2.05) is 0 Å². The van der Waals surface area contributed by atoms with Crippen molar-refractivity contribution in [1.29, 1.82) is 0 Å². The van der Waals surface area contributed by atoms with E-state index in [1.165, 1.54) is 6.07 Å². The van der Waals surface area contributed by atoms with Gasteiger partial charge in [0, 0.05) is 12.6 Å². The molecule has 0 bridgehead atoms. The standard InChI is InChI=1S/C11H13F3N2O/c12-11(13,14)9-2-1-3-10(15-9)16(6-7-17)8-4-5-8/h1-3,8,17H,4-7H2. The molecule has 0 saturated heterocycles. The van der Waals surface area contributed by atoms with E-state index in [0.29, 0.717) is 6.54 Å². The van der Waals surface area contributed by atoms with Gasteiger partial charge in [-0.15, -0.1) is 0 Å². The lowest BCUT2D eigenvalue weighted by Gasteiger charge is -2.23. The number of aromatic nitrogens is 1. The molecule has 2 rings (SSSR count). The smallest absolute Gasteiger partial charge is 0.395 e. The van der Waals surface area contributed by atoms with Gasteiger partial charge in [0.1, 0.15) is 11.5 Å². The van der Waals surface area contributed by atoms with E-state index in [2.05, 4.69) is 4.98 Å². The van der Waals surface area contributed by atoms with E-state index < -0.39 is 11.9 Å². The second-order valence-electron chi connectivity index (χ2n) is 4.03. The molecule has 3 nitrogen and oxygen atoms in total. The summed E-state index contributed by atoms with van der Waals surface area (Å²) in [6, 6.07) is 4.06. The van der Waals surface area contributed by atoms with Crippen LogP contribution in [-0.4, -0.2) is 29.3 Å². The molecule has 1 fully saturated rings. The second-order valence-corrected chi connectivity index (χ2v) is 4.03. The van der Waals surface area contributed by atoms with Gasteiger partial charge in [-0.2, -0.15) is 13.2 Å². The van der Waals surface area contributed by atoms with E-state index in [0.717, 1.165) is 18.9 Å². The molecule has 0 unspecified atom stereocenters. The van der Waals surface area contributed by atoms with E-state index in [-0.39, 0.29) is 18.5 Å². The Labute approximate surface area is 96.9 Å². The molecule has 1 aromatic heterocycles. The molecule has 17 heavy (non-hydrogen) atoms. The number of rotatable bonds is 4. The molecule has 6 heteroatoms. The fraction of sp³-hybridized carbons (Fsp3) is 0.545. The lowest BCUT2D eigenvalue weighted by molar-refractivity contribution is -0.141. The molecule has 1 aliphatic carbocycles. The number of nitrogens with zero attached hydrogens (tertiary/aromatic N) is 2. The zero-order valence-corrected chi connectivity index (χ0v) is 9.11. The van der Waals surface area contributed by atoms with E-state index in [4.69, 9.17) is 5.11 Å². The molecule has 1 N–H and O–H groups in total. The molecule has 0 spiro atoms. The van der Waals surface area contributed by atoms with E-state index in [1.54, 1.807) is 11.0 Å². The Morgan fingerprint density at radius 3 is 2.59 bits per heavy atom. The maximum absolute atomic E-state index is 12.5. The van der Waals surface area contributed by atoms with E-state index in [9.17, 15) is 13.2 Å². The molecule has 1 heterocycles. The highest BCUT2D eigenvalue weighted by molar-refractivity contribution is 5.42. The number of hydrogen-bond donors (Lipinski definition) is 1. The Hall–Kier alpha value is -1.30. The summed E-state index contributed by atoms with van der Waals surface area (Å²) in [5, 5.41) is 8.91. The third-order valence-corrected chi connectivity index (χ3v) is 2.65. The number of pyridine rings is 1. The summed E-state index contributed by atoms with van der Waals surface area (Å²) in [7, 11) is 0. The van der Waals surface area contributed by atoms with Gasteiger partial charge in [0.05, 0.1) is 6.61 Å². The van der Waals surface area contributed by atoms with Crippen LogP contribution in [0.1, 0.15) is 18.5 Å². The molecule has 0 aromatic carbocycles. The highest BCUT2D eigenvalue weighted by Gasteiger charge is 2.34. The monoisotopic (exact) mass is 246 g/mol. The maximum atomic E-state index is 12.5. The fourth-order valence-corrected chi connectivity index (χ4v) is 1.72. The van der Waals surface area contributed by atoms with Crippen molar-refractivity contribution in [1.82, 2.24) is 4.98 Å². The SMILES string of the molecule is OCCN(c1cccc(C(F)(F)F)n1)C1CC1. The van der Waals surface area contributed by atoms with Gasteiger partial charge in [-0.1, -0.05) is 6.07 Å². The summed E-state index contributed by atoms with van der Waals surface area (Å²) in [5.74, 6) is 0.288. The molecule has 1 aromatic rings. The Bertz CT molecular complexity index is 391. The number of aliphatic hydroxyl groups excluding tert-OH is 1. The minimum atomic E-state index is -4.43. The number of aliphatic hydroxyl groups is 1. The average molecular weight is 246 g/mol. The van der Waals surface area contributed by atoms with Crippen LogP contribution in [0, 0.1) is 0 Å². The first kappa shape index (κ1) is 12.2. The van der Waals surface area contributed by atoms with Crippen LogP contribution >= 0.6 is 0 Å². The van der Waals surface area contributed by atoms with Crippen LogP contribution in [0.2, 0.25) is 0 Å². The third kappa shape index (κ3) is 2.88. The first-order valence-corrected chi connectivity index (χ1v) is 5.44. The molecule has 0 radical (unpaired) electrons. The van der Waals surface area contributed by atoms with Crippen molar-refractivity contribution in [2.24, 2.45) is 0 Å². The Morgan fingerprint density at radius 1 is 1.35 bits per heavy atom. The zero-order valence-electron chi connectivity index (χ0n) is 9.11. The summed E-state index contributed by atoms with van der Waals surface area (Å²) in [5.41, 5.74) is -0.890. The Morgan fingerprint density at radius 2 is 2.06 bits per heavy atom. The molecular formula is C11H13F3N2O. The topological polar surface area (TPSA) is 36.4 Å². The minimum absolute atomic E-state index is 0.0889. The molecule has 1 aliphatic rings. The van der Waals surface area contributed by atoms with Crippen LogP contribution in [0.3, 0.4) is 0 Å². The van der Waals surface area contributed by atoms with Gasteiger partial charge in [0.2, 0.25) is 0 Å². The predicted molar refractivity (Wildman–Crippen MR) is 56.7 cm³/mol. The van der Waals surface area contributed by atoms with Crippen LogP contribution in [0.5, 0.6) is 0 Å². The van der Waals surface area contributed by atoms with Crippen molar-refractivity contribution in [3.63, 3.8) is 0 Å². The van der Waals surface area contributed by atoms with Crippen LogP contribution in [0.15, 0.2) is 18.2 Å². The Kier molecular flexibility index (Phi) is 3.24. The largest absolute Gasteiger partial charge is 0.433 e. The van der Waals surface area contributed by atoms with Gasteiger partial charge in [0.15, 0.2) is 0 Å². The summed E-state index contributed by atoms with van der Waals surface area (Å²) >= 11 is 0. The predicted octanol–water partition coefficient (Wildman–Crippen LogP) is 2.06. The van der Waals surface area contributed by atoms with Crippen molar-refractivity contribution in [3.05, 3.63) is 23.9 Å². The van der Waals surface area contributed by atoms with Crippen LogP contribution in [0.25, 0.3) is 0 Å². The summed E-state index contributed by atoms with van der Waals surface area (Å²) in [4.78, 5) is 5.35. The molecule has 0 amide bonds. The van der Waals surface area contributed by atoms with Crippen LogP contribution in [0.4, 0.5) is 19.0 Å². The Balaban J connectivity index is 2.24. The number of alkyl halides is 3. The van der Waals surface area contributed by atoms with Gasteiger partial charge in [-0.25, -0.2) is 4.98 Å². The lowest BCUT2D eigenvalue weighted by Crippen LogP contribution is -2.30. The van der Waals surface area contributed by atoms with Gasteiger partial charge >= 0.3 is 6.18 Å². The van der Waals surface area contributed by atoms with Crippen LogP contribution < -0.4 is 4.90 Å².